The van der Waals surface area contributed by atoms with Crippen LogP contribution in [0.25, 0.3) is 0 Å². The number of nitriles is 1. The third-order valence-electron chi connectivity index (χ3n) is 2.30. The summed E-state index contributed by atoms with van der Waals surface area (Å²) in [6.07, 6.45) is 0.561. The highest BCUT2D eigenvalue weighted by Crippen LogP contribution is 2.06. The van der Waals surface area contributed by atoms with Crippen LogP contribution in [0.5, 0.6) is 0 Å². The molecular weight excluding hydrogens is 172 g/mol. The molecule has 2 nitrogen and oxygen atoms in total. The molecule has 1 aromatic carbocycles. The highest BCUT2D eigenvalue weighted by atomic mass is 14.9. The molecule has 0 spiro atoms. The normalized spacial score (nSPS) is 12.1. The number of rotatable bonds is 4. The van der Waals surface area contributed by atoms with E-state index in [0.717, 1.165) is 6.54 Å². The van der Waals surface area contributed by atoms with Crippen LogP contribution >= 0.6 is 0 Å². The van der Waals surface area contributed by atoms with Gasteiger partial charge in [-0.2, -0.15) is 5.26 Å². The van der Waals surface area contributed by atoms with Crippen LogP contribution in [0.2, 0.25) is 0 Å². The van der Waals surface area contributed by atoms with Gasteiger partial charge in [-0.1, -0.05) is 24.3 Å². The van der Waals surface area contributed by atoms with E-state index >= 15 is 0 Å². The van der Waals surface area contributed by atoms with Gasteiger partial charge in [-0.3, -0.25) is 0 Å². The number of aryl methyl sites for hydroxylation is 1. The van der Waals surface area contributed by atoms with E-state index in [-0.39, 0.29) is 6.04 Å². The van der Waals surface area contributed by atoms with Gasteiger partial charge in [0.25, 0.3) is 0 Å². The van der Waals surface area contributed by atoms with Crippen LogP contribution in [0.3, 0.4) is 0 Å². The molecule has 0 aliphatic carbocycles. The first kappa shape index (κ1) is 10.7. The van der Waals surface area contributed by atoms with Crippen LogP contribution in [0.4, 0.5) is 0 Å². The highest BCUT2D eigenvalue weighted by molar-refractivity contribution is 5.25. The van der Waals surface area contributed by atoms with Gasteiger partial charge < -0.3 is 5.32 Å². The van der Waals surface area contributed by atoms with Crippen molar-refractivity contribution in [3.05, 3.63) is 35.4 Å². The zero-order valence-electron chi connectivity index (χ0n) is 8.75. The van der Waals surface area contributed by atoms with Crippen molar-refractivity contribution in [3.63, 3.8) is 0 Å². The first-order valence-corrected chi connectivity index (χ1v) is 4.89. The second kappa shape index (κ2) is 5.41. The number of hydrogen-bond donors (Lipinski definition) is 1. The van der Waals surface area contributed by atoms with Crippen molar-refractivity contribution in [2.75, 3.05) is 0 Å². The van der Waals surface area contributed by atoms with Crippen LogP contribution in [0, 0.1) is 18.3 Å². The average molecular weight is 188 g/mol. The lowest BCUT2D eigenvalue weighted by Crippen LogP contribution is -2.25. The van der Waals surface area contributed by atoms with E-state index in [1.165, 1.54) is 11.1 Å². The molecule has 0 fully saturated rings. The van der Waals surface area contributed by atoms with E-state index in [1.54, 1.807) is 0 Å². The lowest BCUT2D eigenvalue weighted by atomic mass is 10.1. The number of benzene rings is 1. The molecule has 0 heterocycles. The van der Waals surface area contributed by atoms with Gasteiger partial charge in [-0.05, 0) is 25.0 Å². The summed E-state index contributed by atoms with van der Waals surface area (Å²) in [6.45, 7) is 4.98. The SMILES string of the molecule is Cc1ccccc1CNC(C)CC#N. The molecule has 0 saturated carbocycles. The third kappa shape index (κ3) is 3.20. The molecule has 0 bridgehead atoms. The van der Waals surface area contributed by atoms with Crippen LogP contribution in [0.1, 0.15) is 24.5 Å². The summed E-state index contributed by atoms with van der Waals surface area (Å²) < 4.78 is 0. The fourth-order valence-corrected chi connectivity index (χ4v) is 1.30. The summed E-state index contributed by atoms with van der Waals surface area (Å²) in [5, 5.41) is 11.8. The van der Waals surface area contributed by atoms with E-state index in [9.17, 15) is 0 Å². The molecule has 0 radical (unpaired) electrons. The quantitative estimate of drug-likeness (QED) is 0.787. The fourth-order valence-electron chi connectivity index (χ4n) is 1.30. The maximum Gasteiger partial charge on any atom is 0.0638 e. The van der Waals surface area contributed by atoms with Crippen LogP contribution in [-0.2, 0) is 6.54 Å². The fraction of sp³-hybridized carbons (Fsp3) is 0.417. The molecule has 0 saturated heterocycles. The number of nitrogens with zero attached hydrogens (tertiary/aromatic N) is 1. The minimum atomic E-state index is 0.264. The van der Waals surface area contributed by atoms with Gasteiger partial charge in [0.1, 0.15) is 0 Å². The number of hydrogen-bond acceptors (Lipinski definition) is 2. The summed E-state index contributed by atoms with van der Waals surface area (Å²) >= 11 is 0. The average Bonchev–Trinajstić information content (AvgIpc) is 2.17. The first-order chi connectivity index (χ1) is 6.74. The van der Waals surface area contributed by atoms with Gasteiger partial charge >= 0.3 is 0 Å². The molecule has 0 aromatic heterocycles. The second-order valence-corrected chi connectivity index (χ2v) is 3.57. The van der Waals surface area contributed by atoms with E-state index < -0.39 is 0 Å². The monoisotopic (exact) mass is 188 g/mol. The Kier molecular flexibility index (Phi) is 4.15. The Morgan fingerprint density at radius 1 is 1.43 bits per heavy atom. The van der Waals surface area contributed by atoms with E-state index in [2.05, 4.69) is 30.4 Å². The van der Waals surface area contributed by atoms with E-state index in [0.29, 0.717) is 6.42 Å². The van der Waals surface area contributed by atoms with Crippen molar-refractivity contribution in [1.29, 1.82) is 5.26 Å². The third-order valence-corrected chi connectivity index (χ3v) is 2.30. The van der Waals surface area contributed by atoms with Gasteiger partial charge in [-0.25, -0.2) is 0 Å². The molecule has 1 atom stereocenters. The predicted octanol–water partition coefficient (Wildman–Crippen LogP) is 2.39. The molecule has 14 heavy (non-hydrogen) atoms. The summed E-state index contributed by atoms with van der Waals surface area (Å²) in [4.78, 5) is 0. The zero-order valence-corrected chi connectivity index (χ0v) is 8.75. The summed E-state index contributed by atoms with van der Waals surface area (Å²) in [6, 6.07) is 10.7. The maximum atomic E-state index is 8.50. The Bertz CT molecular complexity index is 325. The van der Waals surface area contributed by atoms with Crippen molar-refractivity contribution in [2.45, 2.75) is 32.9 Å². The van der Waals surface area contributed by atoms with Gasteiger partial charge in [0.2, 0.25) is 0 Å². The molecule has 2 heteroatoms. The van der Waals surface area contributed by atoms with Crippen molar-refractivity contribution in [1.82, 2.24) is 5.32 Å². The summed E-state index contributed by atoms with van der Waals surface area (Å²) in [5.74, 6) is 0. The lowest BCUT2D eigenvalue weighted by molar-refractivity contribution is 0.556. The molecular formula is C12H16N2. The zero-order chi connectivity index (χ0) is 10.4. The molecule has 0 aliphatic heterocycles. The topological polar surface area (TPSA) is 35.8 Å². The second-order valence-electron chi connectivity index (χ2n) is 3.57. The molecule has 0 aliphatic rings. The van der Waals surface area contributed by atoms with Gasteiger partial charge in [0, 0.05) is 12.6 Å². The van der Waals surface area contributed by atoms with Gasteiger partial charge in [0.15, 0.2) is 0 Å². The predicted molar refractivity (Wildman–Crippen MR) is 57.7 cm³/mol. The molecule has 1 aromatic rings. The Hall–Kier alpha value is -1.33. The van der Waals surface area contributed by atoms with E-state index in [1.807, 2.05) is 19.1 Å². The molecule has 74 valence electrons. The lowest BCUT2D eigenvalue weighted by Gasteiger charge is -2.11. The summed E-state index contributed by atoms with van der Waals surface area (Å²) in [5.41, 5.74) is 2.60. The highest BCUT2D eigenvalue weighted by Gasteiger charge is 2.01. The Labute approximate surface area is 85.6 Å². The van der Waals surface area contributed by atoms with E-state index in [4.69, 9.17) is 5.26 Å². The molecule has 1 N–H and O–H groups in total. The first-order valence-electron chi connectivity index (χ1n) is 4.89. The summed E-state index contributed by atoms with van der Waals surface area (Å²) in [7, 11) is 0. The van der Waals surface area contributed by atoms with Crippen molar-refractivity contribution < 1.29 is 0 Å². The largest absolute Gasteiger partial charge is 0.309 e. The van der Waals surface area contributed by atoms with Crippen molar-refractivity contribution >= 4 is 0 Å². The van der Waals surface area contributed by atoms with Gasteiger partial charge in [0.05, 0.1) is 12.5 Å². The van der Waals surface area contributed by atoms with Crippen LogP contribution in [-0.4, -0.2) is 6.04 Å². The van der Waals surface area contributed by atoms with Crippen molar-refractivity contribution in [2.24, 2.45) is 0 Å². The maximum absolute atomic E-state index is 8.50. The molecule has 0 amide bonds. The molecule has 1 rings (SSSR count). The van der Waals surface area contributed by atoms with Crippen LogP contribution in [0.15, 0.2) is 24.3 Å². The van der Waals surface area contributed by atoms with Crippen LogP contribution < -0.4 is 5.32 Å². The Morgan fingerprint density at radius 2 is 2.14 bits per heavy atom. The standard InChI is InChI=1S/C12H16N2/c1-10-5-3-4-6-12(10)9-14-11(2)7-8-13/h3-6,11,14H,7,9H2,1-2H3. The number of nitrogens with one attached hydrogen (secondary N) is 1. The minimum absolute atomic E-state index is 0.264. The Balaban J connectivity index is 2.46. The molecule has 1 unspecified atom stereocenters. The Morgan fingerprint density at radius 3 is 2.79 bits per heavy atom. The minimum Gasteiger partial charge on any atom is -0.309 e. The smallest absolute Gasteiger partial charge is 0.0638 e. The van der Waals surface area contributed by atoms with Crippen molar-refractivity contribution in [3.8, 4) is 6.07 Å². The van der Waals surface area contributed by atoms with Gasteiger partial charge in [-0.15, -0.1) is 0 Å².